The van der Waals surface area contributed by atoms with Crippen LogP contribution in [0.4, 0.5) is 0 Å². The number of carbonyl (C=O) groups excluding carboxylic acids is 1. The van der Waals surface area contributed by atoms with Crippen molar-refractivity contribution in [3.63, 3.8) is 0 Å². The number of pyridine rings is 1. The fraction of sp³-hybridized carbons (Fsp3) is 0.0455. The third-order valence-corrected chi connectivity index (χ3v) is 4.29. The van der Waals surface area contributed by atoms with Crippen LogP contribution >= 0.6 is 0 Å². The summed E-state index contributed by atoms with van der Waals surface area (Å²) in [6, 6.07) is 25.8. The van der Waals surface area contributed by atoms with Crippen molar-refractivity contribution in [2.45, 2.75) is 6.92 Å². The van der Waals surface area contributed by atoms with Gasteiger partial charge >= 0.3 is 0 Å². The topological polar surface area (TPSA) is 21.5 Å². The Kier molecular flexibility index (Phi) is 3.51. The highest BCUT2D eigenvalue weighted by Gasteiger charge is 2.19. The van der Waals surface area contributed by atoms with E-state index in [1.165, 1.54) is 5.56 Å². The smallest absolute Gasteiger partial charge is 0.210 e. The minimum absolute atomic E-state index is 0.0392. The van der Waals surface area contributed by atoms with Crippen LogP contribution in [0.15, 0.2) is 85.1 Å². The molecule has 2 aromatic heterocycles. The van der Waals surface area contributed by atoms with E-state index in [-0.39, 0.29) is 5.78 Å². The van der Waals surface area contributed by atoms with Gasteiger partial charge in [0.2, 0.25) is 5.78 Å². The molecular formula is C22H17NO. The van der Waals surface area contributed by atoms with Gasteiger partial charge in [-0.2, -0.15) is 0 Å². The average Bonchev–Trinajstić information content (AvgIpc) is 3.02. The van der Waals surface area contributed by atoms with Gasteiger partial charge in [0, 0.05) is 22.8 Å². The molecule has 2 heteroatoms. The van der Waals surface area contributed by atoms with E-state index >= 15 is 0 Å². The van der Waals surface area contributed by atoms with E-state index in [1.807, 2.05) is 59.1 Å². The summed E-state index contributed by atoms with van der Waals surface area (Å²) in [5, 5.41) is 0. The third kappa shape index (κ3) is 2.42. The second-order valence-electron chi connectivity index (χ2n) is 5.96. The molecule has 0 aliphatic carbocycles. The number of aromatic nitrogens is 1. The first-order valence-corrected chi connectivity index (χ1v) is 8.01. The maximum Gasteiger partial charge on any atom is 0.210 e. The highest BCUT2D eigenvalue weighted by Crippen LogP contribution is 2.29. The van der Waals surface area contributed by atoms with Crippen LogP contribution in [0, 0.1) is 6.92 Å². The SMILES string of the molecule is Cc1ccc(-c2cc3ccccn3c2C(=O)c2ccccc2)cc1. The monoisotopic (exact) mass is 311 g/mol. The summed E-state index contributed by atoms with van der Waals surface area (Å²) in [7, 11) is 0. The predicted octanol–water partition coefficient (Wildman–Crippen LogP) is 5.15. The van der Waals surface area contributed by atoms with Crippen LogP contribution in [-0.2, 0) is 0 Å². The number of hydrogen-bond donors (Lipinski definition) is 0. The number of fused-ring (bicyclic) bond motifs is 1. The van der Waals surface area contributed by atoms with Crippen molar-refractivity contribution >= 4 is 11.3 Å². The molecule has 0 aliphatic rings. The van der Waals surface area contributed by atoms with Crippen LogP contribution in [0.3, 0.4) is 0 Å². The van der Waals surface area contributed by atoms with Crippen molar-refractivity contribution in [3.8, 4) is 11.1 Å². The second kappa shape index (κ2) is 5.82. The minimum Gasteiger partial charge on any atom is -0.313 e. The number of rotatable bonds is 3. The molecule has 0 unspecified atom stereocenters. The van der Waals surface area contributed by atoms with Crippen LogP contribution < -0.4 is 0 Å². The lowest BCUT2D eigenvalue weighted by Gasteiger charge is -2.07. The molecule has 116 valence electrons. The van der Waals surface area contributed by atoms with E-state index in [1.54, 1.807) is 0 Å². The zero-order valence-electron chi connectivity index (χ0n) is 13.4. The first-order valence-electron chi connectivity index (χ1n) is 8.01. The zero-order chi connectivity index (χ0) is 16.5. The first kappa shape index (κ1) is 14.5. The van der Waals surface area contributed by atoms with Gasteiger partial charge in [-0.15, -0.1) is 0 Å². The second-order valence-corrected chi connectivity index (χ2v) is 5.96. The molecule has 24 heavy (non-hydrogen) atoms. The van der Waals surface area contributed by atoms with Gasteiger partial charge in [-0.25, -0.2) is 0 Å². The molecule has 0 radical (unpaired) electrons. The largest absolute Gasteiger partial charge is 0.313 e. The maximum atomic E-state index is 13.2. The number of benzene rings is 2. The summed E-state index contributed by atoms with van der Waals surface area (Å²) in [4.78, 5) is 13.2. The molecule has 4 rings (SSSR count). The fourth-order valence-electron chi connectivity index (χ4n) is 3.03. The van der Waals surface area contributed by atoms with Gasteiger partial charge in [0.25, 0.3) is 0 Å². The summed E-state index contributed by atoms with van der Waals surface area (Å²) in [5.41, 5.74) is 5.67. The third-order valence-electron chi connectivity index (χ3n) is 4.29. The van der Waals surface area contributed by atoms with E-state index in [9.17, 15) is 4.79 Å². The molecule has 2 aromatic carbocycles. The lowest BCUT2D eigenvalue weighted by Crippen LogP contribution is -2.06. The molecule has 0 N–H and O–H groups in total. The minimum atomic E-state index is 0.0392. The van der Waals surface area contributed by atoms with Crippen molar-refractivity contribution in [1.82, 2.24) is 4.40 Å². The Bertz CT molecular complexity index is 1010. The van der Waals surface area contributed by atoms with E-state index in [2.05, 4.69) is 37.3 Å². The molecule has 0 fully saturated rings. The zero-order valence-corrected chi connectivity index (χ0v) is 13.4. The van der Waals surface area contributed by atoms with E-state index in [0.717, 1.165) is 16.6 Å². The molecule has 0 amide bonds. The molecule has 0 bridgehead atoms. The average molecular weight is 311 g/mol. The molecule has 0 saturated heterocycles. The number of aryl methyl sites for hydroxylation is 1. The van der Waals surface area contributed by atoms with Crippen LogP contribution in [0.1, 0.15) is 21.6 Å². The quantitative estimate of drug-likeness (QED) is 0.480. The van der Waals surface area contributed by atoms with E-state index in [0.29, 0.717) is 11.3 Å². The maximum absolute atomic E-state index is 13.2. The Morgan fingerprint density at radius 3 is 2.29 bits per heavy atom. The first-order chi connectivity index (χ1) is 11.7. The Morgan fingerprint density at radius 2 is 1.54 bits per heavy atom. The molecule has 0 atom stereocenters. The molecule has 4 aromatic rings. The van der Waals surface area contributed by atoms with Crippen molar-refractivity contribution in [1.29, 1.82) is 0 Å². The lowest BCUT2D eigenvalue weighted by atomic mass is 9.99. The Morgan fingerprint density at radius 1 is 0.833 bits per heavy atom. The normalized spacial score (nSPS) is 10.9. The fourth-order valence-corrected chi connectivity index (χ4v) is 3.03. The summed E-state index contributed by atoms with van der Waals surface area (Å²) < 4.78 is 1.98. The number of ketones is 1. The van der Waals surface area contributed by atoms with Crippen molar-refractivity contribution in [2.24, 2.45) is 0 Å². The van der Waals surface area contributed by atoms with Crippen LogP contribution in [0.5, 0.6) is 0 Å². The standard InChI is InChI=1S/C22H17NO/c1-16-10-12-17(13-11-16)20-15-19-9-5-6-14-23(19)21(20)22(24)18-7-3-2-4-8-18/h2-15H,1H3. The van der Waals surface area contributed by atoms with Gasteiger partial charge in [0.05, 0.1) is 0 Å². The van der Waals surface area contributed by atoms with Crippen LogP contribution in [0.2, 0.25) is 0 Å². The van der Waals surface area contributed by atoms with Gasteiger partial charge in [-0.3, -0.25) is 4.79 Å². The molecule has 0 aliphatic heterocycles. The van der Waals surface area contributed by atoms with Crippen molar-refractivity contribution in [2.75, 3.05) is 0 Å². The Balaban J connectivity index is 1.97. The van der Waals surface area contributed by atoms with Gasteiger partial charge in [-0.1, -0.05) is 66.2 Å². The van der Waals surface area contributed by atoms with Gasteiger partial charge in [-0.05, 0) is 30.7 Å². The van der Waals surface area contributed by atoms with Crippen molar-refractivity contribution < 1.29 is 4.79 Å². The van der Waals surface area contributed by atoms with E-state index in [4.69, 9.17) is 0 Å². The van der Waals surface area contributed by atoms with Crippen molar-refractivity contribution in [3.05, 3.63) is 102 Å². The Labute approximate surface area is 141 Å². The van der Waals surface area contributed by atoms with Gasteiger partial charge in [0.15, 0.2) is 0 Å². The summed E-state index contributed by atoms with van der Waals surface area (Å²) in [5.74, 6) is 0.0392. The number of carbonyl (C=O) groups is 1. The molecule has 0 spiro atoms. The highest BCUT2D eigenvalue weighted by molar-refractivity contribution is 6.12. The summed E-state index contributed by atoms with van der Waals surface area (Å²) in [6.07, 6.45) is 1.95. The number of hydrogen-bond acceptors (Lipinski definition) is 1. The molecule has 0 saturated carbocycles. The Hall–Kier alpha value is -3.13. The van der Waals surface area contributed by atoms with Gasteiger partial charge < -0.3 is 4.40 Å². The number of nitrogens with zero attached hydrogens (tertiary/aromatic N) is 1. The van der Waals surface area contributed by atoms with Crippen LogP contribution in [0.25, 0.3) is 16.6 Å². The molecule has 2 nitrogen and oxygen atoms in total. The highest BCUT2D eigenvalue weighted by atomic mass is 16.1. The van der Waals surface area contributed by atoms with Crippen LogP contribution in [-0.4, -0.2) is 10.2 Å². The van der Waals surface area contributed by atoms with E-state index < -0.39 is 0 Å². The molecular weight excluding hydrogens is 294 g/mol. The predicted molar refractivity (Wildman–Crippen MR) is 97.4 cm³/mol. The lowest BCUT2D eigenvalue weighted by molar-refractivity contribution is 0.103. The molecule has 2 heterocycles. The summed E-state index contributed by atoms with van der Waals surface area (Å²) >= 11 is 0. The summed E-state index contributed by atoms with van der Waals surface area (Å²) in [6.45, 7) is 2.07. The van der Waals surface area contributed by atoms with Gasteiger partial charge in [0.1, 0.15) is 5.69 Å².